The molecular formula is C27H24NO4+. The average molecular weight is 426 g/mol. The Kier molecular flexibility index (Phi) is 4.42. The lowest BCUT2D eigenvalue weighted by molar-refractivity contribution is -0.686. The van der Waals surface area contributed by atoms with E-state index in [1.165, 1.54) is 33.3 Å². The van der Waals surface area contributed by atoms with Gasteiger partial charge in [-0.15, -0.1) is 0 Å². The highest BCUT2D eigenvalue weighted by Crippen LogP contribution is 2.43. The molecule has 0 amide bonds. The zero-order valence-electron chi connectivity index (χ0n) is 18.2. The number of fused-ring (bicyclic) bond motifs is 5. The minimum absolute atomic E-state index is 0.282. The van der Waals surface area contributed by atoms with E-state index in [4.69, 9.17) is 18.9 Å². The molecule has 160 valence electrons. The molecule has 0 saturated carbocycles. The van der Waals surface area contributed by atoms with Crippen LogP contribution in [-0.2, 0) is 19.4 Å². The van der Waals surface area contributed by atoms with Crippen LogP contribution in [0.4, 0.5) is 0 Å². The first-order valence-electron chi connectivity index (χ1n) is 10.8. The van der Waals surface area contributed by atoms with E-state index in [9.17, 15) is 0 Å². The summed E-state index contributed by atoms with van der Waals surface area (Å²) in [7, 11) is 3.36. The van der Waals surface area contributed by atoms with Crippen LogP contribution in [0.25, 0.3) is 22.0 Å². The molecule has 0 fully saturated rings. The third-order valence-corrected chi connectivity index (χ3v) is 6.45. The van der Waals surface area contributed by atoms with Gasteiger partial charge in [0.1, 0.15) is 0 Å². The van der Waals surface area contributed by atoms with Crippen molar-refractivity contribution < 1.29 is 23.5 Å². The molecule has 6 rings (SSSR count). The van der Waals surface area contributed by atoms with Gasteiger partial charge in [-0.05, 0) is 35.4 Å². The van der Waals surface area contributed by atoms with Gasteiger partial charge in [0.25, 0.3) is 0 Å². The van der Waals surface area contributed by atoms with Crippen molar-refractivity contribution >= 4 is 10.8 Å². The molecule has 3 heterocycles. The zero-order chi connectivity index (χ0) is 21.7. The smallest absolute Gasteiger partial charge is 0.231 e. The maximum Gasteiger partial charge on any atom is 0.231 e. The number of ether oxygens (including phenoxy) is 4. The summed E-state index contributed by atoms with van der Waals surface area (Å²) in [5, 5.41) is 2.31. The topological polar surface area (TPSA) is 40.8 Å². The molecule has 1 aromatic heterocycles. The van der Waals surface area contributed by atoms with Gasteiger partial charge < -0.3 is 18.9 Å². The molecule has 3 aromatic carbocycles. The summed E-state index contributed by atoms with van der Waals surface area (Å²) in [4.78, 5) is 0. The molecule has 5 heteroatoms. The van der Waals surface area contributed by atoms with Crippen molar-refractivity contribution in [1.82, 2.24) is 0 Å². The van der Waals surface area contributed by atoms with Crippen LogP contribution in [0.1, 0.15) is 16.7 Å². The Balaban J connectivity index is 1.66. The Morgan fingerprint density at radius 1 is 0.906 bits per heavy atom. The quantitative estimate of drug-likeness (QED) is 0.444. The van der Waals surface area contributed by atoms with Crippen LogP contribution in [0.2, 0.25) is 0 Å². The zero-order valence-corrected chi connectivity index (χ0v) is 18.2. The fourth-order valence-corrected chi connectivity index (χ4v) is 4.92. The minimum Gasteiger partial charge on any atom is -0.493 e. The SMILES string of the molecule is COc1cc2c[n+]3c(c(Cc4ccccc4)c2cc1OC)-c1cc2c(cc1CC3)OCO2. The van der Waals surface area contributed by atoms with Gasteiger partial charge in [-0.25, -0.2) is 0 Å². The molecule has 4 aromatic rings. The molecule has 2 aliphatic heterocycles. The average Bonchev–Trinajstić information content (AvgIpc) is 3.29. The summed E-state index contributed by atoms with van der Waals surface area (Å²) in [6.45, 7) is 1.19. The van der Waals surface area contributed by atoms with Gasteiger partial charge in [-0.2, -0.15) is 4.57 Å². The van der Waals surface area contributed by atoms with Gasteiger partial charge in [-0.1, -0.05) is 30.3 Å². The summed E-state index contributed by atoms with van der Waals surface area (Å²) in [5.41, 5.74) is 6.28. The number of pyridine rings is 1. The van der Waals surface area contributed by atoms with Crippen molar-refractivity contribution in [2.75, 3.05) is 21.0 Å². The normalized spacial score (nSPS) is 13.6. The van der Waals surface area contributed by atoms with Crippen molar-refractivity contribution in [2.45, 2.75) is 19.4 Å². The molecule has 0 aliphatic carbocycles. The number of hydrogen-bond acceptors (Lipinski definition) is 4. The number of aryl methyl sites for hydroxylation is 2. The standard InChI is InChI=1S/C27H24NO4/c1-29-23-12-19-15-28-9-8-18-11-25-26(32-16-31-25)14-21(18)27(28)22(20(19)13-24(23)30-2)10-17-6-4-3-5-7-17/h3-7,11-15H,8-10,16H2,1-2H3/q+1. The first-order chi connectivity index (χ1) is 15.7. The Labute approximate surface area is 186 Å². The highest BCUT2D eigenvalue weighted by Gasteiger charge is 2.31. The van der Waals surface area contributed by atoms with Gasteiger partial charge >= 0.3 is 0 Å². The number of rotatable bonds is 4. The molecule has 0 atom stereocenters. The highest BCUT2D eigenvalue weighted by atomic mass is 16.7. The predicted molar refractivity (Wildman–Crippen MR) is 122 cm³/mol. The van der Waals surface area contributed by atoms with E-state index in [0.29, 0.717) is 0 Å². The fraction of sp³-hybridized carbons (Fsp3) is 0.222. The number of benzene rings is 3. The molecule has 0 saturated heterocycles. The molecule has 0 spiro atoms. The summed E-state index contributed by atoms with van der Waals surface area (Å²) >= 11 is 0. The van der Waals surface area contributed by atoms with E-state index in [0.717, 1.165) is 47.8 Å². The molecule has 0 bridgehead atoms. The number of methoxy groups -OCH3 is 2. The van der Waals surface area contributed by atoms with E-state index in [1.807, 2.05) is 0 Å². The molecule has 5 nitrogen and oxygen atoms in total. The van der Waals surface area contributed by atoms with Crippen molar-refractivity contribution in [1.29, 1.82) is 0 Å². The molecule has 0 N–H and O–H groups in total. The van der Waals surface area contributed by atoms with Crippen molar-refractivity contribution in [3.8, 4) is 34.3 Å². The van der Waals surface area contributed by atoms with Crippen LogP contribution in [0, 0.1) is 0 Å². The third kappa shape index (κ3) is 2.96. The van der Waals surface area contributed by atoms with Crippen molar-refractivity contribution in [3.05, 3.63) is 77.5 Å². The number of hydrogen-bond donors (Lipinski definition) is 0. The van der Waals surface area contributed by atoms with Crippen molar-refractivity contribution in [2.24, 2.45) is 0 Å². The van der Waals surface area contributed by atoms with E-state index < -0.39 is 0 Å². The van der Waals surface area contributed by atoms with Gasteiger partial charge in [0.2, 0.25) is 12.5 Å². The van der Waals surface area contributed by atoms with Crippen LogP contribution in [0.15, 0.2) is 60.8 Å². The number of nitrogens with zero attached hydrogens (tertiary/aromatic N) is 1. The second-order valence-electron chi connectivity index (χ2n) is 8.22. The van der Waals surface area contributed by atoms with Crippen LogP contribution in [-0.4, -0.2) is 21.0 Å². The summed E-state index contributed by atoms with van der Waals surface area (Å²) < 4.78 is 25.0. The molecule has 0 radical (unpaired) electrons. The lowest BCUT2D eigenvalue weighted by atomic mass is 9.88. The van der Waals surface area contributed by atoms with Crippen LogP contribution < -0.4 is 23.5 Å². The second-order valence-corrected chi connectivity index (χ2v) is 8.22. The van der Waals surface area contributed by atoms with Gasteiger partial charge in [0, 0.05) is 29.2 Å². The first kappa shape index (κ1) is 19.0. The second kappa shape index (κ2) is 7.45. The Bertz CT molecular complexity index is 1350. The molecule has 2 aliphatic rings. The predicted octanol–water partition coefficient (Wildman–Crippen LogP) is 4.69. The Morgan fingerprint density at radius 2 is 1.66 bits per heavy atom. The molecule has 0 unspecified atom stereocenters. The first-order valence-corrected chi connectivity index (χ1v) is 10.8. The third-order valence-electron chi connectivity index (χ3n) is 6.45. The monoisotopic (exact) mass is 426 g/mol. The van der Waals surface area contributed by atoms with E-state index >= 15 is 0 Å². The largest absolute Gasteiger partial charge is 0.493 e. The Hall–Kier alpha value is -3.73. The summed E-state index contributed by atoms with van der Waals surface area (Å²) in [6, 6.07) is 19.1. The molecular weight excluding hydrogens is 402 g/mol. The maximum absolute atomic E-state index is 5.72. The van der Waals surface area contributed by atoms with Crippen LogP contribution >= 0.6 is 0 Å². The Morgan fingerprint density at radius 3 is 2.44 bits per heavy atom. The minimum atomic E-state index is 0.282. The molecule has 32 heavy (non-hydrogen) atoms. The fourth-order valence-electron chi connectivity index (χ4n) is 4.92. The van der Waals surface area contributed by atoms with E-state index in [2.05, 4.69) is 65.4 Å². The van der Waals surface area contributed by atoms with E-state index in [1.54, 1.807) is 14.2 Å². The lowest BCUT2D eigenvalue weighted by Crippen LogP contribution is -2.41. The lowest BCUT2D eigenvalue weighted by Gasteiger charge is -2.20. The van der Waals surface area contributed by atoms with Crippen molar-refractivity contribution in [3.63, 3.8) is 0 Å². The van der Waals surface area contributed by atoms with Crippen LogP contribution in [0.3, 0.4) is 0 Å². The number of aromatic nitrogens is 1. The van der Waals surface area contributed by atoms with Gasteiger partial charge in [0.05, 0.1) is 19.8 Å². The van der Waals surface area contributed by atoms with Gasteiger partial charge in [-0.3, -0.25) is 0 Å². The highest BCUT2D eigenvalue weighted by molar-refractivity contribution is 5.92. The van der Waals surface area contributed by atoms with E-state index in [-0.39, 0.29) is 6.79 Å². The van der Waals surface area contributed by atoms with Gasteiger partial charge in [0.15, 0.2) is 35.7 Å². The summed E-state index contributed by atoms with van der Waals surface area (Å²) in [5.74, 6) is 3.14. The van der Waals surface area contributed by atoms with Crippen LogP contribution in [0.5, 0.6) is 23.0 Å². The maximum atomic E-state index is 5.72. The summed E-state index contributed by atoms with van der Waals surface area (Å²) in [6.07, 6.45) is 4.00.